The molecule has 0 saturated carbocycles. The third-order valence-electron chi connectivity index (χ3n) is 5.55. The molecule has 4 rings (SSSR count). The third-order valence-corrected chi connectivity index (χ3v) is 6.45. The van der Waals surface area contributed by atoms with Gasteiger partial charge in [0.1, 0.15) is 0 Å². The van der Waals surface area contributed by atoms with E-state index in [0.29, 0.717) is 6.42 Å². The summed E-state index contributed by atoms with van der Waals surface area (Å²) in [4.78, 5) is 6.24. The highest BCUT2D eigenvalue weighted by atomic mass is 35.5. The largest absolute Gasteiger partial charge is 0.388 e. The van der Waals surface area contributed by atoms with E-state index < -0.39 is 6.10 Å². The Labute approximate surface area is 184 Å². The Balaban J connectivity index is 0.00000240. The molecule has 1 aliphatic heterocycles. The first-order chi connectivity index (χ1) is 13.8. The second kappa shape index (κ2) is 10.8. The lowest BCUT2D eigenvalue weighted by Crippen LogP contribution is -2.47. The molecule has 0 amide bonds. The molecule has 0 aliphatic carbocycles. The Hall–Kier alpha value is -1.85. The summed E-state index contributed by atoms with van der Waals surface area (Å²) < 4.78 is 0. The fourth-order valence-corrected chi connectivity index (χ4v) is 4.55. The smallest absolute Gasteiger partial charge is 0.0838 e. The van der Waals surface area contributed by atoms with Crippen LogP contribution in [0, 0.1) is 0 Å². The van der Waals surface area contributed by atoms with Gasteiger partial charge in [0.25, 0.3) is 0 Å². The monoisotopic (exact) mass is 428 g/mol. The van der Waals surface area contributed by atoms with Crippen LogP contribution >= 0.6 is 23.7 Å². The van der Waals surface area contributed by atoms with Crippen molar-refractivity contribution in [3.63, 3.8) is 0 Å². The number of nitrogens with zero attached hydrogens (tertiary/aromatic N) is 2. The predicted octanol–water partition coefficient (Wildman–Crippen LogP) is 4.81. The summed E-state index contributed by atoms with van der Waals surface area (Å²) in [6.07, 6.45) is 1.39. The van der Waals surface area contributed by atoms with E-state index in [0.717, 1.165) is 44.7 Å². The minimum absolute atomic E-state index is 0. The van der Waals surface area contributed by atoms with Crippen molar-refractivity contribution in [3.05, 3.63) is 88.1 Å². The minimum Gasteiger partial charge on any atom is -0.388 e. The van der Waals surface area contributed by atoms with Gasteiger partial charge in [0.05, 0.1) is 6.10 Å². The Morgan fingerprint density at radius 2 is 1.59 bits per heavy atom. The Morgan fingerprint density at radius 1 is 0.862 bits per heavy atom. The molecule has 2 heterocycles. The first kappa shape index (κ1) is 21.8. The molecule has 1 saturated heterocycles. The number of aliphatic hydroxyl groups excluding tert-OH is 1. The average molecular weight is 429 g/mol. The van der Waals surface area contributed by atoms with Crippen molar-refractivity contribution in [2.45, 2.75) is 18.9 Å². The highest BCUT2D eigenvalue weighted by molar-refractivity contribution is 7.09. The van der Waals surface area contributed by atoms with Gasteiger partial charge in [-0.1, -0.05) is 48.5 Å². The van der Waals surface area contributed by atoms with Crippen molar-refractivity contribution in [3.8, 4) is 0 Å². The molecular formula is C24H29ClN2OS. The molecule has 1 aliphatic rings. The summed E-state index contributed by atoms with van der Waals surface area (Å²) in [5, 5.41) is 12.5. The number of hydrogen-bond acceptors (Lipinski definition) is 4. The molecule has 3 aromatic rings. The lowest BCUT2D eigenvalue weighted by molar-refractivity contribution is 0.179. The Morgan fingerprint density at radius 3 is 2.24 bits per heavy atom. The summed E-state index contributed by atoms with van der Waals surface area (Å²) in [6, 6.07) is 23.3. The van der Waals surface area contributed by atoms with E-state index in [-0.39, 0.29) is 12.4 Å². The first-order valence-electron chi connectivity index (χ1n) is 10.1. The Kier molecular flexibility index (Phi) is 8.13. The highest BCUT2D eigenvalue weighted by Crippen LogP contribution is 2.24. The standard InChI is InChI=1S/C24H28N2OS.ClH/c27-24(19-23-7-4-18-28-23)21-8-10-22(11-9-21)26-16-14-25(15-17-26)13-12-20-5-2-1-3-6-20;/h1-11,18,24,27H,12-17,19H2;1H. The van der Waals surface area contributed by atoms with Gasteiger partial charge < -0.3 is 10.0 Å². The van der Waals surface area contributed by atoms with Crippen LogP contribution in [-0.4, -0.2) is 42.7 Å². The molecular weight excluding hydrogens is 400 g/mol. The van der Waals surface area contributed by atoms with E-state index in [1.807, 2.05) is 6.07 Å². The zero-order valence-corrected chi connectivity index (χ0v) is 18.2. The summed E-state index contributed by atoms with van der Waals surface area (Å²) in [5.74, 6) is 0. The van der Waals surface area contributed by atoms with E-state index in [1.165, 1.54) is 16.1 Å². The van der Waals surface area contributed by atoms with Crippen LogP contribution in [-0.2, 0) is 12.8 Å². The third kappa shape index (κ3) is 6.06. The van der Waals surface area contributed by atoms with Crippen molar-refractivity contribution in [1.82, 2.24) is 4.90 Å². The summed E-state index contributed by atoms with van der Waals surface area (Å²) in [6.45, 7) is 5.47. The minimum atomic E-state index is -0.428. The van der Waals surface area contributed by atoms with E-state index in [1.54, 1.807) is 11.3 Å². The summed E-state index contributed by atoms with van der Waals surface area (Å²) >= 11 is 1.70. The number of thiophene rings is 1. The van der Waals surface area contributed by atoms with Crippen LogP contribution in [0.2, 0.25) is 0 Å². The normalized spacial score (nSPS) is 15.7. The molecule has 0 bridgehead atoms. The summed E-state index contributed by atoms with van der Waals surface area (Å²) in [7, 11) is 0. The van der Waals surface area contributed by atoms with Crippen LogP contribution in [0.25, 0.3) is 0 Å². The average Bonchev–Trinajstić information content (AvgIpc) is 3.26. The van der Waals surface area contributed by atoms with Gasteiger partial charge in [0.15, 0.2) is 0 Å². The van der Waals surface area contributed by atoms with Gasteiger partial charge in [0.2, 0.25) is 0 Å². The number of halogens is 1. The molecule has 1 atom stereocenters. The Bertz CT molecular complexity index is 831. The van der Waals surface area contributed by atoms with Crippen LogP contribution in [0.3, 0.4) is 0 Å². The predicted molar refractivity (Wildman–Crippen MR) is 125 cm³/mol. The van der Waals surface area contributed by atoms with Crippen LogP contribution in [0.15, 0.2) is 72.1 Å². The molecule has 1 fully saturated rings. The second-order valence-electron chi connectivity index (χ2n) is 7.46. The molecule has 5 heteroatoms. The van der Waals surface area contributed by atoms with Crippen molar-refractivity contribution >= 4 is 29.4 Å². The quantitative estimate of drug-likeness (QED) is 0.585. The van der Waals surface area contributed by atoms with Gasteiger partial charge in [-0.25, -0.2) is 0 Å². The fourth-order valence-electron chi connectivity index (χ4n) is 3.81. The zero-order chi connectivity index (χ0) is 19.2. The van der Waals surface area contributed by atoms with Gasteiger partial charge in [0, 0.05) is 49.7 Å². The fraction of sp³-hybridized carbons (Fsp3) is 0.333. The summed E-state index contributed by atoms with van der Waals surface area (Å²) in [5.41, 5.74) is 3.68. The number of rotatable bonds is 7. The highest BCUT2D eigenvalue weighted by Gasteiger charge is 2.17. The lowest BCUT2D eigenvalue weighted by Gasteiger charge is -2.36. The topological polar surface area (TPSA) is 26.7 Å². The van der Waals surface area contributed by atoms with E-state index in [2.05, 4.69) is 75.8 Å². The molecule has 29 heavy (non-hydrogen) atoms. The van der Waals surface area contributed by atoms with Crippen molar-refractivity contribution in [2.24, 2.45) is 0 Å². The van der Waals surface area contributed by atoms with Crippen LogP contribution < -0.4 is 4.90 Å². The number of hydrogen-bond donors (Lipinski definition) is 1. The second-order valence-corrected chi connectivity index (χ2v) is 8.49. The molecule has 3 nitrogen and oxygen atoms in total. The molecule has 0 radical (unpaired) electrons. The molecule has 1 unspecified atom stereocenters. The van der Waals surface area contributed by atoms with Gasteiger partial charge in [-0.2, -0.15) is 0 Å². The van der Waals surface area contributed by atoms with Crippen LogP contribution in [0.1, 0.15) is 22.1 Å². The van der Waals surface area contributed by atoms with Gasteiger partial charge >= 0.3 is 0 Å². The van der Waals surface area contributed by atoms with Crippen LogP contribution in [0.4, 0.5) is 5.69 Å². The van der Waals surface area contributed by atoms with Gasteiger partial charge in [-0.3, -0.25) is 4.90 Å². The molecule has 1 N–H and O–H groups in total. The maximum Gasteiger partial charge on any atom is 0.0838 e. The lowest BCUT2D eigenvalue weighted by atomic mass is 10.0. The van der Waals surface area contributed by atoms with Gasteiger partial charge in [-0.05, 0) is 41.1 Å². The van der Waals surface area contributed by atoms with Gasteiger partial charge in [-0.15, -0.1) is 23.7 Å². The number of piperazine rings is 1. The van der Waals surface area contributed by atoms with E-state index in [9.17, 15) is 5.11 Å². The van der Waals surface area contributed by atoms with Crippen molar-refractivity contribution < 1.29 is 5.11 Å². The zero-order valence-electron chi connectivity index (χ0n) is 16.6. The number of benzene rings is 2. The first-order valence-corrected chi connectivity index (χ1v) is 11.0. The van der Waals surface area contributed by atoms with Crippen molar-refractivity contribution in [1.29, 1.82) is 0 Å². The molecule has 0 spiro atoms. The van der Waals surface area contributed by atoms with E-state index in [4.69, 9.17) is 0 Å². The molecule has 2 aromatic carbocycles. The maximum atomic E-state index is 10.5. The number of aliphatic hydroxyl groups is 1. The maximum absolute atomic E-state index is 10.5. The van der Waals surface area contributed by atoms with Crippen LogP contribution in [0.5, 0.6) is 0 Å². The molecule has 1 aromatic heterocycles. The SMILES string of the molecule is Cl.OC(Cc1cccs1)c1ccc(N2CCN(CCc3ccccc3)CC2)cc1. The molecule has 154 valence electrons. The number of anilines is 1. The van der Waals surface area contributed by atoms with E-state index >= 15 is 0 Å². The van der Waals surface area contributed by atoms with Crippen molar-refractivity contribution in [2.75, 3.05) is 37.6 Å².